The zero-order valence-electron chi connectivity index (χ0n) is 23.4. The van der Waals surface area contributed by atoms with Crippen LogP contribution in [0.2, 0.25) is 0 Å². The summed E-state index contributed by atoms with van der Waals surface area (Å²) in [6.45, 7) is 0. The Morgan fingerprint density at radius 3 is 1.89 bits per heavy atom. The summed E-state index contributed by atoms with van der Waals surface area (Å²) in [4.78, 5) is 15.2. The minimum Gasteiger partial charge on any atom is -0.455 e. The zero-order valence-corrected chi connectivity index (χ0v) is 24.3. The molecule has 0 bridgehead atoms. The van der Waals surface area contributed by atoms with Crippen LogP contribution < -0.4 is 0 Å². The van der Waals surface area contributed by atoms with Crippen molar-refractivity contribution in [1.82, 2.24) is 15.0 Å². The Hall–Kier alpha value is -5.65. The second kappa shape index (κ2) is 9.97. The summed E-state index contributed by atoms with van der Waals surface area (Å²) in [6, 6.07) is 48.0. The number of hydrogen-bond acceptors (Lipinski definition) is 5. The van der Waals surface area contributed by atoms with E-state index in [2.05, 4.69) is 97.1 Å². The second-order valence-corrected chi connectivity index (χ2v) is 11.9. The van der Waals surface area contributed by atoms with E-state index in [9.17, 15) is 0 Å². The maximum Gasteiger partial charge on any atom is 0.167 e. The van der Waals surface area contributed by atoms with Gasteiger partial charge in [0.1, 0.15) is 11.2 Å². The lowest BCUT2D eigenvalue weighted by molar-refractivity contribution is 0.669. The first-order valence-corrected chi connectivity index (χ1v) is 15.3. The normalized spacial score (nSPS) is 11.6. The molecule has 5 heteroatoms. The van der Waals surface area contributed by atoms with E-state index in [4.69, 9.17) is 19.4 Å². The van der Waals surface area contributed by atoms with Crippen molar-refractivity contribution >= 4 is 53.4 Å². The van der Waals surface area contributed by atoms with Crippen molar-refractivity contribution in [2.24, 2.45) is 0 Å². The smallest absolute Gasteiger partial charge is 0.167 e. The number of para-hydroxylation sites is 1. The number of aromatic nitrogens is 3. The van der Waals surface area contributed by atoms with Gasteiger partial charge in [-0.15, -0.1) is 11.3 Å². The Morgan fingerprint density at radius 2 is 1.07 bits per heavy atom. The molecule has 0 atom stereocenters. The van der Waals surface area contributed by atoms with Crippen LogP contribution in [-0.4, -0.2) is 15.0 Å². The van der Waals surface area contributed by atoms with Gasteiger partial charge in [0, 0.05) is 42.1 Å². The maximum atomic E-state index is 6.53. The van der Waals surface area contributed by atoms with Crippen molar-refractivity contribution in [3.8, 4) is 45.3 Å². The molecule has 6 aromatic carbocycles. The first kappa shape index (κ1) is 24.9. The predicted octanol–water partition coefficient (Wildman–Crippen LogP) is 10.8. The molecule has 0 saturated carbocycles. The molecule has 0 N–H and O–H groups in total. The molecular weight excluding hydrogens is 559 g/mol. The molecule has 44 heavy (non-hydrogen) atoms. The van der Waals surface area contributed by atoms with Crippen LogP contribution >= 0.6 is 11.3 Å². The first-order chi connectivity index (χ1) is 21.8. The Kier molecular flexibility index (Phi) is 5.64. The highest BCUT2D eigenvalue weighted by molar-refractivity contribution is 7.26. The average Bonchev–Trinajstić information content (AvgIpc) is 3.67. The number of fused-ring (bicyclic) bond motifs is 6. The number of rotatable bonds is 4. The molecule has 0 aliphatic rings. The fraction of sp³-hybridized carbons (Fsp3) is 0. The largest absolute Gasteiger partial charge is 0.455 e. The maximum absolute atomic E-state index is 6.53. The van der Waals surface area contributed by atoms with E-state index in [0.29, 0.717) is 17.5 Å². The van der Waals surface area contributed by atoms with Gasteiger partial charge in [0.2, 0.25) is 0 Å². The van der Waals surface area contributed by atoms with Crippen LogP contribution in [0.15, 0.2) is 144 Å². The lowest BCUT2D eigenvalue weighted by Gasteiger charge is -2.09. The topological polar surface area (TPSA) is 51.8 Å². The molecule has 206 valence electrons. The van der Waals surface area contributed by atoms with Crippen LogP contribution in [0.5, 0.6) is 0 Å². The molecule has 0 radical (unpaired) electrons. The Balaban J connectivity index is 1.28. The molecule has 4 nitrogen and oxygen atoms in total. The number of nitrogens with zero attached hydrogens (tertiary/aromatic N) is 3. The van der Waals surface area contributed by atoms with Gasteiger partial charge in [-0.3, -0.25) is 0 Å². The fourth-order valence-electron chi connectivity index (χ4n) is 6.04. The molecule has 0 fully saturated rings. The molecule has 3 aromatic heterocycles. The minimum atomic E-state index is 0.583. The summed E-state index contributed by atoms with van der Waals surface area (Å²) >= 11 is 1.77. The molecule has 9 rings (SSSR count). The highest BCUT2D eigenvalue weighted by Crippen LogP contribution is 2.41. The molecule has 3 heterocycles. The quantitative estimate of drug-likeness (QED) is 0.207. The van der Waals surface area contributed by atoms with E-state index < -0.39 is 0 Å². The third kappa shape index (κ3) is 4.02. The van der Waals surface area contributed by atoms with Gasteiger partial charge in [-0.2, -0.15) is 0 Å². The van der Waals surface area contributed by atoms with Gasteiger partial charge in [-0.25, -0.2) is 15.0 Å². The van der Waals surface area contributed by atoms with Gasteiger partial charge >= 0.3 is 0 Å². The number of furan rings is 1. The monoisotopic (exact) mass is 581 g/mol. The van der Waals surface area contributed by atoms with E-state index >= 15 is 0 Å². The SMILES string of the molecule is c1ccc(-c2ccc3oc4c(-c5nc(-c6ccccc6)nc(-c6cccc7c6sc6ccccc67)n5)cccc4c3c2)cc1. The number of benzene rings is 6. The van der Waals surface area contributed by atoms with E-state index in [-0.39, 0.29) is 0 Å². The van der Waals surface area contributed by atoms with Crippen LogP contribution in [0.3, 0.4) is 0 Å². The van der Waals surface area contributed by atoms with Crippen LogP contribution in [0.4, 0.5) is 0 Å². The molecule has 0 saturated heterocycles. The fourth-order valence-corrected chi connectivity index (χ4v) is 7.25. The van der Waals surface area contributed by atoms with Gasteiger partial charge < -0.3 is 4.42 Å². The van der Waals surface area contributed by atoms with E-state index in [1.54, 1.807) is 11.3 Å². The molecule has 0 amide bonds. The highest BCUT2D eigenvalue weighted by Gasteiger charge is 2.19. The minimum absolute atomic E-state index is 0.583. The van der Waals surface area contributed by atoms with Crippen LogP contribution in [0.1, 0.15) is 0 Å². The van der Waals surface area contributed by atoms with Crippen molar-refractivity contribution in [2.45, 2.75) is 0 Å². The number of thiophene rings is 1. The average molecular weight is 582 g/mol. The van der Waals surface area contributed by atoms with Gasteiger partial charge in [0.15, 0.2) is 17.5 Å². The molecular formula is C39H23N3OS. The predicted molar refractivity (Wildman–Crippen MR) is 182 cm³/mol. The van der Waals surface area contributed by atoms with E-state index in [1.807, 2.05) is 42.5 Å². The summed E-state index contributed by atoms with van der Waals surface area (Å²) in [5.41, 5.74) is 6.69. The molecule has 0 unspecified atom stereocenters. The highest BCUT2D eigenvalue weighted by atomic mass is 32.1. The van der Waals surface area contributed by atoms with Crippen LogP contribution in [0.25, 0.3) is 87.4 Å². The second-order valence-electron chi connectivity index (χ2n) is 10.8. The lowest BCUT2D eigenvalue weighted by Crippen LogP contribution is -2.00. The molecule has 0 aliphatic carbocycles. The Bertz CT molecular complexity index is 2500. The van der Waals surface area contributed by atoms with E-state index in [1.165, 1.54) is 25.7 Å². The van der Waals surface area contributed by atoms with Crippen LogP contribution in [0, 0.1) is 0 Å². The van der Waals surface area contributed by atoms with Gasteiger partial charge in [-0.05, 0) is 41.5 Å². The summed E-state index contributed by atoms with van der Waals surface area (Å²) in [7, 11) is 0. The van der Waals surface area contributed by atoms with Crippen LogP contribution in [-0.2, 0) is 0 Å². The molecule has 9 aromatic rings. The first-order valence-electron chi connectivity index (χ1n) is 14.5. The zero-order chi connectivity index (χ0) is 29.0. The summed E-state index contributed by atoms with van der Waals surface area (Å²) in [5, 5.41) is 4.55. The summed E-state index contributed by atoms with van der Waals surface area (Å²) in [6.07, 6.45) is 0. The van der Waals surface area contributed by atoms with Gasteiger partial charge in [0.25, 0.3) is 0 Å². The van der Waals surface area contributed by atoms with Crippen molar-refractivity contribution in [3.63, 3.8) is 0 Å². The third-order valence-electron chi connectivity index (χ3n) is 8.16. The van der Waals surface area contributed by atoms with Crippen molar-refractivity contribution in [3.05, 3.63) is 140 Å². The van der Waals surface area contributed by atoms with E-state index in [0.717, 1.165) is 44.2 Å². The van der Waals surface area contributed by atoms with Crippen molar-refractivity contribution < 1.29 is 4.42 Å². The van der Waals surface area contributed by atoms with Gasteiger partial charge in [0.05, 0.1) is 5.56 Å². The number of hydrogen-bond donors (Lipinski definition) is 0. The van der Waals surface area contributed by atoms with Crippen molar-refractivity contribution in [2.75, 3.05) is 0 Å². The van der Waals surface area contributed by atoms with Crippen molar-refractivity contribution in [1.29, 1.82) is 0 Å². The third-order valence-corrected chi connectivity index (χ3v) is 9.38. The summed E-state index contributed by atoms with van der Waals surface area (Å²) < 4.78 is 8.94. The standard InChI is InChI=1S/C39H23N3OS/c1-3-11-24(12-4-1)26-21-22-33-32(23-26)28-16-9-18-30(35(28)43-33)38-40-37(25-13-5-2-6-14-25)41-39(42-38)31-19-10-17-29-27-15-7-8-20-34(27)44-36(29)31/h1-23H. The molecule has 0 spiro atoms. The van der Waals surface area contributed by atoms with Gasteiger partial charge in [-0.1, -0.05) is 109 Å². The Labute approximate surface area is 256 Å². The lowest BCUT2D eigenvalue weighted by atomic mass is 10.0. The Morgan fingerprint density at radius 1 is 0.432 bits per heavy atom. The molecule has 0 aliphatic heterocycles. The summed E-state index contributed by atoms with van der Waals surface area (Å²) in [5.74, 6) is 1.86.